The molecule has 0 spiro atoms. The van der Waals surface area contributed by atoms with Crippen molar-refractivity contribution in [2.45, 2.75) is 70.6 Å². The minimum absolute atomic E-state index is 0.677. The lowest BCUT2D eigenvalue weighted by Gasteiger charge is -2.26. The van der Waals surface area contributed by atoms with Gasteiger partial charge in [-0.25, -0.2) is 0 Å². The highest BCUT2D eigenvalue weighted by Crippen LogP contribution is 2.15. The first kappa shape index (κ1) is 13.9. The second-order valence-electron chi connectivity index (χ2n) is 4.40. The zero-order valence-electron chi connectivity index (χ0n) is 9.50. The molecule has 0 bridgehead atoms. The van der Waals surface area contributed by atoms with Crippen molar-refractivity contribution in [3.05, 3.63) is 0 Å². The summed E-state index contributed by atoms with van der Waals surface area (Å²) in [5, 5.41) is 17.9. The van der Waals surface area contributed by atoms with Crippen LogP contribution in [0.25, 0.3) is 0 Å². The van der Waals surface area contributed by atoms with Crippen molar-refractivity contribution in [3.8, 4) is 0 Å². The van der Waals surface area contributed by atoms with Crippen LogP contribution in [0.5, 0.6) is 0 Å². The van der Waals surface area contributed by atoms with Gasteiger partial charge in [-0.3, -0.25) is 0 Å². The minimum Gasteiger partial charge on any atom is -0.367 e. The Bertz CT molecular complexity index is 135. The van der Waals surface area contributed by atoms with Crippen LogP contribution in [-0.2, 0) is 0 Å². The highest BCUT2D eigenvalue weighted by atomic mass is 16.5. The molecule has 1 unspecified atom stereocenters. The van der Waals surface area contributed by atoms with Crippen LogP contribution in [0.2, 0.25) is 0 Å². The van der Waals surface area contributed by atoms with Gasteiger partial charge in [-0.05, 0) is 13.3 Å². The second kappa shape index (κ2) is 7.21. The van der Waals surface area contributed by atoms with Gasteiger partial charge in [-0.2, -0.15) is 0 Å². The van der Waals surface area contributed by atoms with Crippen molar-refractivity contribution in [1.29, 1.82) is 0 Å². The van der Waals surface area contributed by atoms with E-state index in [0.29, 0.717) is 6.42 Å². The van der Waals surface area contributed by atoms with Crippen LogP contribution in [0.15, 0.2) is 0 Å². The van der Waals surface area contributed by atoms with E-state index in [0.717, 1.165) is 12.8 Å². The molecule has 0 rings (SSSR count). The van der Waals surface area contributed by atoms with Crippen LogP contribution in [0, 0.1) is 0 Å². The highest BCUT2D eigenvalue weighted by molar-refractivity contribution is 4.80. The molecule has 0 aliphatic carbocycles. The first-order valence-corrected chi connectivity index (χ1v) is 5.65. The third kappa shape index (κ3) is 6.35. The molecule has 0 saturated heterocycles. The van der Waals surface area contributed by atoms with Crippen LogP contribution in [0.1, 0.15) is 58.8 Å². The molecule has 0 aliphatic rings. The molecule has 86 valence electrons. The summed E-state index contributed by atoms with van der Waals surface area (Å²) in [7, 11) is 0. The van der Waals surface area contributed by atoms with Crippen molar-refractivity contribution in [2.24, 2.45) is 5.73 Å². The van der Waals surface area contributed by atoms with Crippen LogP contribution < -0.4 is 5.73 Å². The van der Waals surface area contributed by atoms with E-state index in [1.165, 1.54) is 25.7 Å². The third-order valence-corrected chi connectivity index (χ3v) is 2.66. The maximum Gasteiger partial charge on any atom is 0.169 e. The monoisotopic (exact) mass is 203 g/mol. The lowest BCUT2D eigenvalue weighted by atomic mass is 9.94. The Morgan fingerprint density at radius 1 is 1.07 bits per heavy atom. The molecule has 0 aromatic heterocycles. The van der Waals surface area contributed by atoms with E-state index in [1.807, 2.05) is 0 Å². The molecule has 0 saturated carbocycles. The van der Waals surface area contributed by atoms with E-state index in [2.05, 4.69) is 6.92 Å². The summed E-state index contributed by atoms with van der Waals surface area (Å²) in [6.07, 6.45) is 6.44. The van der Waals surface area contributed by atoms with Gasteiger partial charge in [0.25, 0.3) is 0 Å². The molecule has 3 heteroatoms. The number of rotatable bonds is 8. The van der Waals surface area contributed by atoms with Crippen molar-refractivity contribution < 1.29 is 10.2 Å². The Kier molecular flexibility index (Phi) is 7.15. The normalized spacial score (nSPS) is 15.9. The summed E-state index contributed by atoms with van der Waals surface area (Å²) >= 11 is 0. The standard InChI is InChI=1S/C11H25NO2/c1-3-4-5-6-7-8-9-11(2,12)10(13)14/h10,13-14H,3-9,12H2,1-2H3. The molecule has 0 aliphatic heterocycles. The van der Waals surface area contributed by atoms with E-state index < -0.39 is 11.8 Å². The average molecular weight is 203 g/mol. The Hall–Kier alpha value is -0.120. The van der Waals surface area contributed by atoms with E-state index >= 15 is 0 Å². The Labute approximate surface area is 87.3 Å². The number of hydrogen-bond acceptors (Lipinski definition) is 3. The zero-order chi connectivity index (χ0) is 11.0. The van der Waals surface area contributed by atoms with Crippen LogP contribution in [0.4, 0.5) is 0 Å². The molecule has 0 fully saturated rings. The number of nitrogens with two attached hydrogens (primary N) is 1. The van der Waals surface area contributed by atoms with Gasteiger partial charge in [0.2, 0.25) is 0 Å². The molecule has 0 amide bonds. The topological polar surface area (TPSA) is 66.5 Å². The van der Waals surface area contributed by atoms with Gasteiger partial charge in [0, 0.05) is 0 Å². The molecule has 4 N–H and O–H groups in total. The maximum absolute atomic E-state index is 8.95. The van der Waals surface area contributed by atoms with Crippen molar-refractivity contribution in [1.82, 2.24) is 0 Å². The molecule has 0 heterocycles. The van der Waals surface area contributed by atoms with Gasteiger partial charge in [-0.15, -0.1) is 0 Å². The van der Waals surface area contributed by atoms with Crippen molar-refractivity contribution in [2.75, 3.05) is 0 Å². The SMILES string of the molecule is CCCCCCCCC(C)(N)C(O)O. The molecule has 0 radical (unpaired) electrons. The molecule has 3 nitrogen and oxygen atoms in total. The van der Waals surface area contributed by atoms with Gasteiger partial charge < -0.3 is 15.9 Å². The Morgan fingerprint density at radius 3 is 2.07 bits per heavy atom. The van der Waals surface area contributed by atoms with E-state index in [9.17, 15) is 0 Å². The van der Waals surface area contributed by atoms with Crippen LogP contribution in [-0.4, -0.2) is 22.0 Å². The van der Waals surface area contributed by atoms with E-state index in [4.69, 9.17) is 15.9 Å². The first-order valence-electron chi connectivity index (χ1n) is 5.65. The Morgan fingerprint density at radius 2 is 1.57 bits per heavy atom. The molecule has 0 aromatic carbocycles. The largest absolute Gasteiger partial charge is 0.367 e. The van der Waals surface area contributed by atoms with Crippen LogP contribution >= 0.6 is 0 Å². The Balaban J connectivity index is 3.35. The van der Waals surface area contributed by atoms with Gasteiger partial charge in [0.1, 0.15) is 0 Å². The van der Waals surface area contributed by atoms with Crippen molar-refractivity contribution in [3.63, 3.8) is 0 Å². The highest BCUT2D eigenvalue weighted by Gasteiger charge is 2.25. The van der Waals surface area contributed by atoms with Gasteiger partial charge in [-0.1, -0.05) is 45.4 Å². The second-order valence-corrected chi connectivity index (χ2v) is 4.40. The van der Waals surface area contributed by atoms with Gasteiger partial charge in [0.15, 0.2) is 6.29 Å². The van der Waals surface area contributed by atoms with E-state index in [-0.39, 0.29) is 0 Å². The molecule has 1 atom stereocenters. The summed E-state index contributed by atoms with van der Waals surface area (Å²) in [4.78, 5) is 0. The third-order valence-electron chi connectivity index (χ3n) is 2.66. The van der Waals surface area contributed by atoms with E-state index in [1.54, 1.807) is 6.92 Å². The molecule has 0 aromatic rings. The quantitative estimate of drug-likeness (QED) is 0.416. The summed E-state index contributed by atoms with van der Waals surface area (Å²) in [6, 6.07) is 0. The zero-order valence-corrected chi connectivity index (χ0v) is 9.50. The number of aliphatic hydroxyl groups excluding tert-OH is 1. The lowest BCUT2D eigenvalue weighted by Crippen LogP contribution is -2.47. The molecular weight excluding hydrogens is 178 g/mol. The summed E-state index contributed by atoms with van der Waals surface area (Å²) < 4.78 is 0. The predicted octanol–water partition coefficient (Wildman–Crippen LogP) is 1.77. The smallest absolute Gasteiger partial charge is 0.169 e. The number of unbranched alkanes of at least 4 members (excludes halogenated alkanes) is 5. The van der Waals surface area contributed by atoms with Crippen molar-refractivity contribution >= 4 is 0 Å². The van der Waals surface area contributed by atoms with Gasteiger partial charge in [0.05, 0.1) is 5.54 Å². The lowest BCUT2D eigenvalue weighted by molar-refractivity contribution is -0.0933. The fourth-order valence-electron chi connectivity index (χ4n) is 1.42. The van der Waals surface area contributed by atoms with Crippen LogP contribution in [0.3, 0.4) is 0 Å². The fraction of sp³-hybridized carbons (Fsp3) is 1.00. The first-order chi connectivity index (χ1) is 6.50. The summed E-state index contributed by atoms with van der Waals surface area (Å²) in [5.41, 5.74) is 4.86. The average Bonchev–Trinajstić information content (AvgIpc) is 2.10. The maximum atomic E-state index is 8.95. The molecule has 14 heavy (non-hydrogen) atoms. The van der Waals surface area contributed by atoms with Gasteiger partial charge >= 0.3 is 0 Å². The molecular formula is C11H25NO2. The minimum atomic E-state index is -1.40. The summed E-state index contributed by atoms with van der Waals surface area (Å²) in [5.74, 6) is 0. The summed E-state index contributed by atoms with van der Waals surface area (Å²) in [6.45, 7) is 3.88. The number of hydrogen-bond donors (Lipinski definition) is 3. The fourth-order valence-corrected chi connectivity index (χ4v) is 1.42. The predicted molar refractivity (Wildman–Crippen MR) is 58.8 cm³/mol. The number of aliphatic hydroxyl groups is 2.